The van der Waals surface area contributed by atoms with Crippen molar-refractivity contribution in [3.05, 3.63) is 52.3 Å². The molecule has 3 rings (SSSR count). The maximum atomic E-state index is 12.2. The third-order valence-corrected chi connectivity index (χ3v) is 4.13. The van der Waals surface area contributed by atoms with Gasteiger partial charge in [-0.05, 0) is 18.2 Å². The van der Waals surface area contributed by atoms with Crippen molar-refractivity contribution in [2.24, 2.45) is 0 Å². The number of aliphatic hydroxyl groups is 1. The molecule has 0 fully saturated rings. The predicted molar refractivity (Wildman–Crippen MR) is 82.9 cm³/mol. The summed E-state index contributed by atoms with van der Waals surface area (Å²) in [6.07, 6.45) is 3.00. The highest BCUT2D eigenvalue weighted by atomic mass is 35.5. The SMILES string of the molecule is O=C(Nc1cnccc1CO)c1cc(-c2ccc(Cl)s2)on1. The van der Waals surface area contributed by atoms with E-state index in [0.717, 1.165) is 4.88 Å². The number of rotatable bonds is 4. The number of carbonyl (C=O) groups is 1. The lowest BCUT2D eigenvalue weighted by Crippen LogP contribution is -2.13. The molecule has 0 radical (unpaired) electrons. The average molecular weight is 336 g/mol. The Labute approximate surface area is 134 Å². The van der Waals surface area contributed by atoms with Crippen LogP contribution in [0.4, 0.5) is 5.69 Å². The molecule has 3 aromatic heterocycles. The Bertz CT molecular complexity index is 815. The molecule has 0 atom stereocenters. The molecular formula is C14H10ClN3O3S. The maximum Gasteiger partial charge on any atom is 0.277 e. The van der Waals surface area contributed by atoms with Gasteiger partial charge in [0.05, 0.1) is 27.7 Å². The molecule has 0 spiro atoms. The lowest BCUT2D eigenvalue weighted by molar-refractivity contribution is 0.101. The molecule has 1 amide bonds. The summed E-state index contributed by atoms with van der Waals surface area (Å²) in [5, 5.41) is 15.6. The van der Waals surface area contributed by atoms with E-state index >= 15 is 0 Å². The fourth-order valence-electron chi connectivity index (χ4n) is 1.81. The number of halogens is 1. The molecule has 8 heteroatoms. The molecule has 2 N–H and O–H groups in total. The Hall–Kier alpha value is -2.22. The van der Waals surface area contributed by atoms with Crippen molar-refractivity contribution < 1.29 is 14.4 Å². The van der Waals surface area contributed by atoms with Crippen LogP contribution in [0.2, 0.25) is 4.34 Å². The van der Waals surface area contributed by atoms with Crippen molar-refractivity contribution in [3.8, 4) is 10.6 Å². The van der Waals surface area contributed by atoms with Crippen LogP contribution in [-0.2, 0) is 6.61 Å². The highest BCUT2D eigenvalue weighted by Crippen LogP contribution is 2.31. The second-order valence-corrected chi connectivity index (χ2v) is 6.04. The summed E-state index contributed by atoms with van der Waals surface area (Å²) >= 11 is 7.20. The number of carbonyl (C=O) groups excluding carboxylic acids is 1. The Balaban J connectivity index is 1.80. The molecule has 0 saturated carbocycles. The van der Waals surface area contributed by atoms with Crippen molar-refractivity contribution in [2.45, 2.75) is 6.61 Å². The van der Waals surface area contributed by atoms with Gasteiger partial charge in [0.2, 0.25) is 0 Å². The lowest BCUT2D eigenvalue weighted by Gasteiger charge is -2.06. The second kappa shape index (κ2) is 6.27. The van der Waals surface area contributed by atoms with E-state index in [2.05, 4.69) is 15.5 Å². The van der Waals surface area contributed by atoms with Crippen LogP contribution < -0.4 is 5.32 Å². The smallest absolute Gasteiger partial charge is 0.277 e. The molecule has 0 bridgehead atoms. The van der Waals surface area contributed by atoms with Gasteiger partial charge >= 0.3 is 0 Å². The van der Waals surface area contributed by atoms with Gasteiger partial charge in [0.25, 0.3) is 5.91 Å². The van der Waals surface area contributed by atoms with Gasteiger partial charge in [0.1, 0.15) is 0 Å². The topological polar surface area (TPSA) is 88.2 Å². The number of thiophene rings is 1. The van der Waals surface area contributed by atoms with Crippen LogP contribution in [0.1, 0.15) is 16.1 Å². The number of aromatic nitrogens is 2. The number of aliphatic hydroxyl groups excluding tert-OH is 1. The minimum atomic E-state index is -0.444. The van der Waals surface area contributed by atoms with E-state index in [4.69, 9.17) is 16.1 Å². The molecule has 0 saturated heterocycles. The summed E-state index contributed by atoms with van der Waals surface area (Å²) in [4.78, 5) is 16.9. The molecule has 0 unspecified atom stereocenters. The van der Waals surface area contributed by atoms with Gasteiger partial charge in [-0.1, -0.05) is 16.8 Å². The number of anilines is 1. The van der Waals surface area contributed by atoms with Crippen LogP contribution in [0.15, 0.2) is 41.2 Å². The zero-order valence-corrected chi connectivity index (χ0v) is 12.7. The van der Waals surface area contributed by atoms with Gasteiger partial charge in [-0.3, -0.25) is 9.78 Å². The summed E-state index contributed by atoms with van der Waals surface area (Å²) in [6, 6.07) is 6.69. The second-order valence-electron chi connectivity index (χ2n) is 4.33. The van der Waals surface area contributed by atoms with Crippen LogP contribution in [0.5, 0.6) is 0 Å². The first-order valence-electron chi connectivity index (χ1n) is 6.25. The monoisotopic (exact) mass is 335 g/mol. The minimum absolute atomic E-state index is 0.132. The number of pyridine rings is 1. The third kappa shape index (κ3) is 3.01. The van der Waals surface area contributed by atoms with Gasteiger partial charge in [0, 0.05) is 17.8 Å². The van der Waals surface area contributed by atoms with Crippen LogP contribution >= 0.6 is 22.9 Å². The molecule has 0 aliphatic carbocycles. The van der Waals surface area contributed by atoms with Crippen molar-refractivity contribution in [3.63, 3.8) is 0 Å². The summed E-state index contributed by atoms with van der Waals surface area (Å²) in [5.74, 6) is 0.0240. The molecule has 0 aliphatic heterocycles. The highest BCUT2D eigenvalue weighted by molar-refractivity contribution is 7.19. The van der Waals surface area contributed by atoms with E-state index in [1.807, 2.05) is 0 Å². The normalized spacial score (nSPS) is 10.6. The standard InChI is InChI=1S/C14H10ClN3O3S/c15-13-2-1-12(22-13)11-5-9(18-21-11)14(20)17-10-6-16-4-3-8(10)7-19/h1-6,19H,7H2,(H,17,20). The summed E-state index contributed by atoms with van der Waals surface area (Å²) in [7, 11) is 0. The first-order valence-corrected chi connectivity index (χ1v) is 7.44. The molecule has 22 heavy (non-hydrogen) atoms. The van der Waals surface area contributed by atoms with Crippen LogP contribution in [0, 0.1) is 0 Å². The zero-order valence-electron chi connectivity index (χ0n) is 11.1. The van der Waals surface area contributed by atoms with Gasteiger partial charge < -0.3 is 14.9 Å². The number of nitrogens with zero attached hydrogens (tertiary/aromatic N) is 2. The average Bonchev–Trinajstić information content (AvgIpc) is 3.16. The maximum absolute atomic E-state index is 12.2. The Morgan fingerprint density at radius 3 is 3.00 bits per heavy atom. The fourth-order valence-corrected chi connectivity index (χ4v) is 2.80. The molecule has 112 valence electrons. The Morgan fingerprint density at radius 2 is 2.27 bits per heavy atom. The molecule has 0 aliphatic rings. The molecule has 6 nitrogen and oxygen atoms in total. The van der Waals surface area contributed by atoms with Gasteiger partial charge in [-0.2, -0.15) is 0 Å². The molecule has 0 aromatic carbocycles. The van der Waals surface area contributed by atoms with E-state index < -0.39 is 5.91 Å². The summed E-state index contributed by atoms with van der Waals surface area (Å²) in [6.45, 7) is -0.199. The first-order chi connectivity index (χ1) is 10.7. The molecule has 3 aromatic rings. The molecular weight excluding hydrogens is 326 g/mol. The first kappa shape index (κ1) is 14.7. The number of hydrogen-bond donors (Lipinski definition) is 2. The van der Waals surface area contributed by atoms with Crippen molar-refractivity contribution in [1.29, 1.82) is 0 Å². The van der Waals surface area contributed by atoms with Crippen molar-refractivity contribution >= 4 is 34.5 Å². The Kier molecular flexibility index (Phi) is 4.19. The van der Waals surface area contributed by atoms with E-state index in [1.165, 1.54) is 29.8 Å². The van der Waals surface area contributed by atoms with Crippen molar-refractivity contribution in [2.75, 3.05) is 5.32 Å². The number of amides is 1. The zero-order chi connectivity index (χ0) is 15.5. The fraction of sp³-hybridized carbons (Fsp3) is 0.0714. The predicted octanol–water partition coefficient (Wildman–Crippen LogP) is 3.20. The quantitative estimate of drug-likeness (QED) is 0.764. The van der Waals surface area contributed by atoms with Gasteiger partial charge in [-0.15, -0.1) is 11.3 Å². The summed E-state index contributed by atoms with van der Waals surface area (Å²) < 4.78 is 5.78. The summed E-state index contributed by atoms with van der Waals surface area (Å²) in [5.41, 5.74) is 1.13. The number of nitrogens with one attached hydrogen (secondary N) is 1. The molecule has 3 heterocycles. The van der Waals surface area contributed by atoms with Crippen LogP contribution in [0.3, 0.4) is 0 Å². The number of hydrogen-bond acceptors (Lipinski definition) is 6. The lowest BCUT2D eigenvalue weighted by atomic mass is 10.2. The Morgan fingerprint density at radius 1 is 1.41 bits per heavy atom. The van der Waals surface area contributed by atoms with E-state index in [-0.39, 0.29) is 12.3 Å². The van der Waals surface area contributed by atoms with Crippen molar-refractivity contribution in [1.82, 2.24) is 10.1 Å². The van der Waals surface area contributed by atoms with E-state index in [0.29, 0.717) is 21.3 Å². The van der Waals surface area contributed by atoms with Gasteiger partial charge in [0.15, 0.2) is 11.5 Å². The van der Waals surface area contributed by atoms with Gasteiger partial charge in [-0.25, -0.2) is 0 Å². The van der Waals surface area contributed by atoms with Crippen LogP contribution in [0.25, 0.3) is 10.6 Å². The third-order valence-electron chi connectivity index (χ3n) is 2.89. The highest BCUT2D eigenvalue weighted by Gasteiger charge is 2.16. The van der Waals surface area contributed by atoms with E-state index in [9.17, 15) is 9.90 Å². The van der Waals surface area contributed by atoms with E-state index in [1.54, 1.807) is 18.2 Å². The largest absolute Gasteiger partial charge is 0.392 e. The minimum Gasteiger partial charge on any atom is -0.392 e. The van der Waals surface area contributed by atoms with Crippen LogP contribution in [-0.4, -0.2) is 21.2 Å².